The molecule has 0 aliphatic carbocycles. The molecule has 0 fully saturated rings. The van der Waals surface area contributed by atoms with Crippen molar-refractivity contribution in [3.63, 3.8) is 0 Å². The van der Waals surface area contributed by atoms with E-state index >= 15 is 0 Å². The number of hydrogen-bond donors (Lipinski definition) is 0. The van der Waals surface area contributed by atoms with Crippen LogP contribution in [0.5, 0.6) is 0 Å². The van der Waals surface area contributed by atoms with Gasteiger partial charge in [0.25, 0.3) is 0 Å². The molecule has 0 aliphatic rings. The Hall–Kier alpha value is -0.438. The second-order valence-electron chi connectivity index (χ2n) is 14.7. The Morgan fingerprint density at radius 1 is 0.432 bits per heavy atom. The monoisotopic (exact) mass is 636 g/mol. The average Bonchev–Trinajstić information content (AvgIpc) is 2.71. The summed E-state index contributed by atoms with van der Waals surface area (Å²) >= 11 is 0.583. The molecule has 0 atom stereocenters. The zero-order chi connectivity index (χ0) is 28.8. The third-order valence-electron chi connectivity index (χ3n) is 7.13. The fourth-order valence-corrected chi connectivity index (χ4v) is 46.7. The molecular formula is C32H56N2P2Pd. The van der Waals surface area contributed by atoms with Gasteiger partial charge >= 0.3 is 240 Å². The first-order valence-corrected chi connectivity index (χ1v) is 20.9. The van der Waals surface area contributed by atoms with Crippen LogP contribution >= 0.6 is 10.9 Å². The predicted molar refractivity (Wildman–Crippen MR) is 174 cm³/mol. The summed E-state index contributed by atoms with van der Waals surface area (Å²) in [4.78, 5) is 4.44. The molecule has 0 amide bonds. The molecule has 37 heavy (non-hydrogen) atoms. The second kappa shape index (κ2) is 10.9. The maximum atomic E-state index is 2.54. The molecule has 2 nitrogen and oxygen atoms in total. The minimum atomic E-state index is -1.71. The van der Waals surface area contributed by atoms with Gasteiger partial charge in [-0.25, -0.2) is 0 Å². The summed E-state index contributed by atoms with van der Waals surface area (Å²) in [5.74, 6) is 0. The van der Waals surface area contributed by atoms with Gasteiger partial charge in [0.15, 0.2) is 0 Å². The first-order chi connectivity index (χ1) is 16.5. The van der Waals surface area contributed by atoms with E-state index in [1.54, 1.807) is 10.6 Å². The molecule has 2 rings (SSSR count). The molecule has 0 unspecified atom stereocenters. The van der Waals surface area contributed by atoms with Crippen LogP contribution in [0.2, 0.25) is 0 Å². The van der Waals surface area contributed by atoms with Gasteiger partial charge in [-0.1, -0.05) is 0 Å². The molecule has 2 aromatic carbocycles. The van der Waals surface area contributed by atoms with Gasteiger partial charge in [0.2, 0.25) is 0 Å². The van der Waals surface area contributed by atoms with Gasteiger partial charge in [0.05, 0.1) is 0 Å². The maximum absolute atomic E-state index is 2.54. The fraction of sp³-hybridized carbons (Fsp3) is 0.625. The summed E-state index contributed by atoms with van der Waals surface area (Å²) in [6.45, 7) is 30.5. The molecule has 0 N–H and O–H groups in total. The van der Waals surface area contributed by atoms with Gasteiger partial charge in [-0.3, -0.25) is 0 Å². The summed E-state index contributed by atoms with van der Waals surface area (Å²) in [7, 11) is 8.56. The normalized spacial score (nSPS) is 14.2. The second-order valence-corrected chi connectivity index (χ2v) is 32.8. The van der Waals surface area contributed by atoms with Crippen molar-refractivity contribution in [1.29, 1.82) is 0 Å². The topological polar surface area (TPSA) is 6.48 Å². The first-order valence-electron chi connectivity index (χ1n) is 13.5. The van der Waals surface area contributed by atoms with E-state index in [9.17, 15) is 0 Å². The summed E-state index contributed by atoms with van der Waals surface area (Å²) in [5.41, 5.74) is -0.853. The molecule has 0 spiro atoms. The van der Waals surface area contributed by atoms with Crippen molar-refractivity contribution >= 4 is 32.9 Å². The Bertz CT molecular complexity index is 916. The van der Waals surface area contributed by atoms with Gasteiger partial charge in [-0.05, 0) is 0 Å². The Kier molecular flexibility index (Phi) is 9.61. The molecule has 2 aromatic rings. The fourth-order valence-electron chi connectivity index (χ4n) is 6.05. The zero-order valence-corrected chi connectivity index (χ0v) is 30.1. The standard InChI is InChI=1S/2C16H28NP.Pd/c2*1-15(2,3)18(16(4,5)6)14-11-9-13(10-12-14)17(7)8;/h2*9-12H,1-8H3;. The van der Waals surface area contributed by atoms with Gasteiger partial charge in [-0.15, -0.1) is 0 Å². The Morgan fingerprint density at radius 2 is 0.649 bits per heavy atom. The molecular weight excluding hydrogens is 581 g/mol. The van der Waals surface area contributed by atoms with Crippen molar-refractivity contribution in [1.82, 2.24) is 0 Å². The SMILES string of the molecule is CN(C)c1ccc([P+]([Pd-2][P+](c2ccc(N(C)C)cc2)(C(C)(C)C)C(C)(C)C)(C(C)(C)C)C(C)(C)C)cc1. The van der Waals surface area contributed by atoms with E-state index in [1.165, 1.54) is 11.4 Å². The molecule has 0 bridgehead atoms. The van der Waals surface area contributed by atoms with E-state index in [0.29, 0.717) is 17.0 Å². The molecule has 0 saturated heterocycles. The number of anilines is 2. The van der Waals surface area contributed by atoms with Crippen molar-refractivity contribution in [2.75, 3.05) is 38.0 Å². The minimum absolute atomic E-state index is 0.185. The van der Waals surface area contributed by atoms with Gasteiger partial charge in [-0.2, -0.15) is 0 Å². The van der Waals surface area contributed by atoms with Crippen LogP contribution in [0.3, 0.4) is 0 Å². The molecule has 214 valence electrons. The molecule has 5 heteroatoms. The van der Waals surface area contributed by atoms with Crippen LogP contribution in [0.15, 0.2) is 48.5 Å². The number of rotatable bonds is 6. The average molecular weight is 637 g/mol. The number of benzene rings is 2. The zero-order valence-electron chi connectivity index (χ0n) is 26.7. The Morgan fingerprint density at radius 3 is 0.811 bits per heavy atom. The van der Waals surface area contributed by atoms with Crippen LogP contribution in [-0.4, -0.2) is 48.8 Å². The van der Waals surface area contributed by atoms with Crippen LogP contribution in [0.4, 0.5) is 11.4 Å². The van der Waals surface area contributed by atoms with E-state index in [0.717, 1.165) is 0 Å². The van der Waals surface area contributed by atoms with Crippen molar-refractivity contribution in [2.45, 2.75) is 104 Å². The quantitative estimate of drug-likeness (QED) is 0.231. The van der Waals surface area contributed by atoms with Crippen LogP contribution in [0, 0.1) is 0 Å². The molecule has 0 heterocycles. The third-order valence-corrected chi connectivity index (χ3v) is 41.0. The van der Waals surface area contributed by atoms with E-state index < -0.39 is 10.9 Å². The first kappa shape index (κ1) is 32.8. The summed E-state index contributed by atoms with van der Waals surface area (Å²) in [6.07, 6.45) is 0. The van der Waals surface area contributed by atoms with Crippen LogP contribution in [-0.2, 0) is 17.0 Å². The van der Waals surface area contributed by atoms with Crippen LogP contribution < -0.4 is 20.4 Å². The Labute approximate surface area is 239 Å². The van der Waals surface area contributed by atoms with Crippen molar-refractivity contribution in [3.05, 3.63) is 48.5 Å². The molecule has 0 aliphatic heterocycles. The number of nitrogens with zero attached hydrogens (tertiary/aromatic N) is 2. The van der Waals surface area contributed by atoms with Crippen molar-refractivity contribution < 1.29 is 17.0 Å². The third kappa shape index (κ3) is 6.02. The van der Waals surface area contributed by atoms with Gasteiger partial charge in [0, 0.05) is 0 Å². The van der Waals surface area contributed by atoms with E-state index in [1.807, 2.05) is 0 Å². The summed E-state index contributed by atoms with van der Waals surface area (Å²) in [6, 6.07) is 19.4. The molecule has 0 radical (unpaired) electrons. The van der Waals surface area contributed by atoms with Gasteiger partial charge in [0.1, 0.15) is 0 Å². The van der Waals surface area contributed by atoms with Gasteiger partial charge < -0.3 is 0 Å². The molecule has 0 saturated carbocycles. The van der Waals surface area contributed by atoms with Crippen molar-refractivity contribution in [3.8, 4) is 0 Å². The summed E-state index contributed by atoms with van der Waals surface area (Å²) in [5, 5.41) is 3.95. The van der Waals surface area contributed by atoms with Crippen LogP contribution in [0.25, 0.3) is 0 Å². The van der Waals surface area contributed by atoms with E-state index in [4.69, 9.17) is 0 Å². The number of hydrogen-bond acceptors (Lipinski definition) is 2. The Balaban J connectivity index is 3.04. The van der Waals surface area contributed by atoms with E-state index in [-0.39, 0.29) is 20.6 Å². The van der Waals surface area contributed by atoms with E-state index in [2.05, 4.69) is 170 Å². The predicted octanol–water partition coefficient (Wildman–Crippen LogP) is 8.91. The summed E-state index contributed by atoms with van der Waals surface area (Å²) < 4.78 is 0. The van der Waals surface area contributed by atoms with Crippen molar-refractivity contribution in [2.24, 2.45) is 0 Å². The molecule has 0 aromatic heterocycles. The van der Waals surface area contributed by atoms with Crippen LogP contribution in [0.1, 0.15) is 83.1 Å².